The minimum atomic E-state index is -3.77. The molecule has 1 fully saturated rings. The first-order chi connectivity index (χ1) is 13.6. The Kier molecular flexibility index (Phi) is 5.85. The summed E-state index contributed by atoms with van der Waals surface area (Å²) in [6, 6.07) is 2.41. The maximum Gasteiger partial charge on any atom is 0.274 e. The highest BCUT2D eigenvalue weighted by molar-refractivity contribution is 7.93. The van der Waals surface area contributed by atoms with Crippen LogP contribution >= 0.6 is 0 Å². The summed E-state index contributed by atoms with van der Waals surface area (Å²) in [4.78, 5) is 12.3. The van der Waals surface area contributed by atoms with Gasteiger partial charge in [-0.05, 0) is 25.7 Å². The molecule has 29 heavy (non-hydrogen) atoms. The van der Waals surface area contributed by atoms with E-state index >= 15 is 0 Å². The number of benzene rings is 1. The number of anilines is 2. The van der Waals surface area contributed by atoms with Gasteiger partial charge in [0.05, 0.1) is 11.4 Å². The number of nitrogens with zero attached hydrogens (tertiary/aromatic N) is 2. The van der Waals surface area contributed by atoms with Crippen LogP contribution in [-0.2, 0) is 17.1 Å². The Morgan fingerprint density at radius 1 is 1.14 bits per heavy atom. The van der Waals surface area contributed by atoms with Gasteiger partial charge in [-0.15, -0.1) is 0 Å². The lowest BCUT2D eigenvalue weighted by atomic mass is 9.97. The number of hydrogen-bond donors (Lipinski definition) is 3. The van der Waals surface area contributed by atoms with Crippen molar-refractivity contribution in [1.82, 2.24) is 9.78 Å². The molecule has 0 aliphatic heterocycles. The van der Waals surface area contributed by atoms with E-state index in [1.54, 1.807) is 0 Å². The third kappa shape index (κ3) is 4.70. The monoisotopic (exact) mass is 432 g/mol. The van der Waals surface area contributed by atoms with Crippen LogP contribution in [0.2, 0.25) is 0 Å². The van der Waals surface area contributed by atoms with Crippen molar-refractivity contribution in [3.8, 4) is 0 Å². The van der Waals surface area contributed by atoms with Crippen molar-refractivity contribution < 1.29 is 31.5 Å². The van der Waals surface area contributed by atoms with E-state index in [4.69, 9.17) is 0 Å². The molecular weight excluding hydrogens is 413 g/mol. The van der Waals surface area contributed by atoms with Crippen LogP contribution in [0.25, 0.3) is 0 Å². The third-order valence-corrected chi connectivity index (χ3v) is 6.53. The van der Waals surface area contributed by atoms with Gasteiger partial charge in [0.2, 0.25) is 10.0 Å². The quantitative estimate of drug-likeness (QED) is 0.627. The van der Waals surface area contributed by atoms with Crippen molar-refractivity contribution in [3.63, 3.8) is 0 Å². The number of carbonyl (C=O) groups excluding carboxylic acids is 1. The zero-order valence-corrected chi connectivity index (χ0v) is 16.1. The van der Waals surface area contributed by atoms with Crippen molar-refractivity contribution in [2.75, 3.05) is 10.0 Å². The molecule has 8 nitrogen and oxygen atoms in total. The molecule has 0 bridgehead atoms. The van der Waals surface area contributed by atoms with Gasteiger partial charge in [0.1, 0.15) is 5.69 Å². The summed E-state index contributed by atoms with van der Waals surface area (Å²) < 4.78 is 68.0. The smallest absolute Gasteiger partial charge is 0.274 e. The van der Waals surface area contributed by atoms with Crippen LogP contribution in [0.15, 0.2) is 18.2 Å². The molecule has 0 atom stereocenters. The maximum absolute atomic E-state index is 13.3. The summed E-state index contributed by atoms with van der Waals surface area (Å²) in [5.74, 6) is -5.50. The number of rotatable bonds is 5. The molecule has 1 amide bonds. The molecular formula is C17H19F3N4O4S. The molecule has 1 heterocycles. The molecule has 1 aromatic heterocycles. The largest absolute Gasteiger partial charge is 0.393 e. The second kappa shape index (κ2) is 8.03. The van der Waals surface area contributed by atoms with Crippen LogP contribution in [0.4, 0.5) is 24.7 Å². The number of halogens is 3. The molecule has 0 saturated heterocycles. The number of aliphatic hydroxyl groups excluding tert-OH is 1. The molecule has 158 valence electrons. The van der Waals surface area contributed by atoms with Crippen molar-refractivity contribution >= 4 is 27.4 Å². The van der Waals surface area contributed by atoms with Crippen LogP contribution in [0, 0.1) is 17.5 Å². The van der Waals surface area contributed by atoms with E-state index in [1.165, 1.54) is 13.1 Å². The van der Waals surface area contributed by atoms with Crippen LogP contribution in [-0.4, -0.2) is 40.6 Å². The molecule has 0 unspecified atom stereocenters. The molecule has 1 aromatic carbocycles. The predicted molar refractivity (Wildman–Crippen MR) is 98.3 cm³/mol. The molecule has 3 N–H and O–H groups in total. The fraction of sp³-hybridized carbons (Fsp3) is 0.412. The van der Waals surface area contributed by atoms with Gasteiger partial charge in [0, 0.05) is 30.9 Å². The molecule has 2 aromatic rings. The van der Waals surface area contributed by atoms with Crippen molar-refractivity contribution in [3.05, 3.63) is 41.3 Å². The Morgan fingerprint density at radius 3 is 2.31 bits per heavy atom. The Balaban J connectivity index is 1.73. The van der Waals surface area contributed by atoms with Gasteiger partial charge in [-0.3, -0.25) is 14.2 Å². The second-order valence-electron chi connectivity index (χ2n) is 6.82. The summed E-state index contributed by atoms with van der Waals surface area (Å²) in [5, 5.41) is 15.0. The Morgan fingerprint density at radius 2 is 1.72 bits per heavy atom. The van der Waals surface area contributed by atoms with E-state index in [1.807, 2.05) is 0 Å². The lowest BCUT2D eigenvalue weighted by molar-refractivity contribution is 0.101. The van der Waals surface area contributed by atoms with Crippen molar-refractivity contribution in [2.45, 2.75) is 37.0 Å². The van der Waals surface area contributed by atoms with Crippen LogP contribution in [0.3, 0.4) is 0 Å². The van der Waals surface area contributed by atoms with Crippen LogP contribution in [0.1, 0.15) is 36.2 Å². The van der Waals surface area contributed by atoms with E-state index in [2.05, 4.69) is 15.1 Å². The Bertz CT molecular complexity index is 1010. The highest BCUT2D eigenvalue weighted by Gasteiger charge is 2.31. The number of aromatic nitrogens is 2. The number of hydrogen-bond acceptors (Lipinski definition) is 5. The maximum atomic E-state index is 13.3. The third-order valence-electron chi connectivity index (χ3n) is 4.68. The number of aryl methyl sites for hydroxylation is 1. The standard InChI is InChI=1S/C17H19F3N4O4S/c1-24-14(17(26)21-9-6-12(18)16(20)13(19)7-9)8-15(22-24)23-29(27,28)11-4-2-10(25)3-5-11/h6-8,10-11,25H,2-5H2,1H3,(H,21,26)(H,22,23). The topological polar surface area (TPSA) is 113 Å². The minimum absolute atomic E-state index is 0.0908. The minimum Gasteiger partial charge on any atom is -0.393 e. The summed E-state index contributed by atoms with van der Waals surface area (Å²) in [7, 11) is -2.39. The average Bonchev–Trinajstić information content (AvgIpc) is 2.99. The number of amides is 1. The van der Waals surface area contributed by atoms with E-state index in [0.29, 0.717) is 37.8 Å². The van der Waals surface area contributed by atoms with Gasteiger partial charge in [-0.25, -0.2) is 21.6 Å². The zero-order chi connectivity index (χ0) is 21.3. The summed E-state index contributed by atoms with van der Waals surface area (Å²) in [5.41, 5.74) is -0.401. The van der Waals surface area contributed by atoms with E-state index in [0.717, 1.165) is 4.68 Å². The number of sulfonamides is 1. The van der Waals surface area contributed by atoms with Crippen LogP contribution < -0.4 is 10.0 Å². The molecule has 3 rings (SSSR count). The highest BCUT2D eigenvalue weighted by atomic mass is 32.2. The molecule has 0 radical (unpaired) electrons. The van der Waals surface area contributed by atoms with Gasteiger partial charge < -0.3 is 10.4 Å². The molecule has 0 spiro atoms. The summed E-state index contributed by atoms with van der Waals surface area (Å²) >= 11 is 0. The number of aliphatic hydroxyl groups is 1. The van der Waals surface area contributed by atoms with Gasteiger partial charge in [-0.1, -0.05) is 0 Å². The number of carbonyl (C=O) groups is 1. The summed E-state index contributed by atoms with van der Waals surface area (Å²) in [6.45, 7) is 0. The fourth-order valence-corrected chi connectivity index (χ4v) is 4.59. The molecule has 12 heteroatoms. The van der Waals surface area contributed by atoms with Gasteiger partial charge in [0.15, 0.2) is 23.3 Å². The SMILES string of the molecule is Cn1nc(NS(=O)(=O)C2CCC(O)CC2)cc1C(=O)Nc1cc(F)c(F)c(F)c1. The predicted octanol–water partition coefficient (Wildman–Crippen LogP) is 2.13. The molecule has 1 aliphatic rings. The second-order valence-corrected chi connectivity index (χ2v) is 8.78. The van der Waals surface area contributed by atoms with E-state index < -0.39 is 44.7 Å². The summed E-state index contributed by atoms with van der Waals surface area (Å²) in [6.07, 6.45) is 0.864. The first kappa shape index (κ1) is 21.1. The van der Waals surface area contributed by atoms with Crippen molar-refractivity contribution in [2.24, 2.45) is 7.05 Å². The Hall–Kier alpha value is -2.60. The molecule has 1 aliphatic carbocycles. The van der Waals surface area contributed by atoms with Gasteiger partial charge in [0.25, 0.3) is 5.91 Å². The van der Waals surface area contributed by atoms with Crippen LogP contribution in [0.5, 0.6) is 0 Å². The lowest BCUT2D eigenvalue weighted by Crippen LogP contribution is -2.33. The first-order valence-electron chi connectivity index (χ1n) is 8.76. The number of nitrogens with one attached hydrogen (secondary N) is 2. The lowest BCUT2D eigenvalue weighted by Gasteiger charge is -2.25. The van der Waals surface area contributed by atoms with E-state index in [9.17, 15) is 31.5 Å². The zero-order valence-electron chi connectivity index (χ0n) is 15.3. The van der Waals surface area contributed by atoms with Crippen molar-refractivity contribution in [1.29, 1.82) is 0 Å². The van der Waals surface area contributed by atoms with E-state index in [-0.39, 0.29) is 17.2 Å². The first-order valence-corrected chi connectivity index (χ1v) is 10.3. The fourth-order valence-electron chi connectivity index (χ4n) is 3.14. The Labute approximate surface area is 164 Å². The highest BCUT2D eigenvalue weighted by Crippen LogP contribution is 2.26. The van der Waals surface area contributed by atoms with Gasteiger partial charge in [-0.2, -0.15) is 5.10 Å². The normalized spacial score (nSPS) is 19.8. The molecule has 1 saturated carbocycles. The average molecular weight is 432 g/mol. The van der Waals surface area contributed by atoms with Gasteiger partial charge >= 0.3 is 0 Å².